The number of non-ortho nitro benzene ring substituents is 1. The molecule has 0 bridgehead atoms. The van der Waals surface area contributed by atoms with E-state index in [0.717, 1.165) is 6.07 Å². The van der Waals surface area contributed by atoms with Gasteiger partial charge < -0.3 is 13.7 Å². The normalized spacial score (nSPS) is 8.67. The third-order valence-corrected chi connectivity index (χ3v) is 1.22. The topological polar surface area (TPSA) is 89.4 Å². The average Bonchev–Trinajstić information content (AvgIpc) is 1.94. The fourth-order valence-electron chi connectivity index (χ4n) is 0.655. The quantitative estimate of drug-likeness (QED) is 0.228. The number of anilines is 1. The molecule has 0 aromatic heterocycles. The number of hydrogen-bond acceptors (Lipinski definition) is 4. The molecule has 0 atom stereocenters. The number of nitrogens with zero attached hydrogens (tertiary/aromatic N) is 1. The zero-order chi connectivity index (χ0) is 8.43. The van der Waals surface area contributed by atoms with E-state index in [-0.39, 0.29) is 57.7 Å². The Hall–Kier alpha value is -0.520. The van der Waals surface area contributed by atoms with Crippen molar-refractivity contribution in [3.05, 3.63) is 28.3 Å². The van der Waals surface area contributed by atoms with E-state index in [2.05, 4.69) is 0 Å². The maximum atomic E-state index is 10.1. The fourth-order valence-corrected chi connectivity index (χ4v) is 0.655. The second-order valence-corrected chi connectivity index (χ2v) is 2.00. The smallest absolute Gasteiger partial charge is 1.00 e. The van der Waals surface area contributed by atoms with Gasteiger partial charge in [-0.05, 0) is 6.07 Å². The molecule has 0 saturated carbocycles. The second-order valence-electron chi connectivity index (χ2n) is 2.00. The maximum Gasteiger partial charge on any atom is 2.00 e. The molecule has 1 aromatic rings. The van der Waals surface area contributed by atoms with Crippen LogP contribution in [-0.4, -0.2) is 47.8 Å². The van der Waals surface area contributed by atoms with E-state index < -0.39 is 4.92 Å². The van der Waals surface area contributed by atoms with Gasteiger partial charge in [-0.3, -0.25) is 10.1 Å². The maximum absolute atomic E-state index is 10.1. The molecule has 0 radical (unpaired) electrons. The molecule has 0 fully saturated rings. The Labute approximate surface area is 101 Å². The Bertz CT molecular complexity index is 311. The minimum absolute atomic E-state index is 0. The van der Waals surface area contributed by atoms with Crippen molar-refractivity contribution in [2.45, 2.75) is 0 Å². The molecule has 1 rings (SSSR count). The van der Waals surface area contributed by atoms with Crippen molar-refractivity contribution in [3.63, 3.8) is 0 Å². The van der Waals surface area contributed by atoms with Crippen molar-refractivity contribution in [1.29, 1.82) is 0 Å². The summed E-state index contributed by atoms with van der Waals surface area (Å²) in [6, 6.07) is 3.48. The molecule has 0 spiro atoms. The molecule has 12 heavy (non-hydrogen) atoms. The Morgan fingerprint density at radius 3 is 2.58 bits per heavy atom. The molecule has 5 nitrogen and oxygen atoms in total. The van der Waals surface area contributed by atoms with Gasteiger partial charge >= 0.3 is 37.7 Å². The van der Waals surface area contributed by atoms with E-state index >= 15 is 0 Å². The van der Waals surface area contributed by atoms with Crippen LogP contribution in [0.2, 0.25) is 0 Å². The Morgan fingerprint density at radius 1 is 1.58 bits per heavy atom. The van der Waals surface area contributed by atoms with E-state index in [1.54, 1.807) is 0 Å². The standard InChI is InChI=1S/C6H6N2O3.Ca.2H/c7-5-3-4(8(10)11)1-2-6(5)9;;;/h1-3,9H,7H2;;;/q;+2;2*-1. The summed E-state index contributed by atoms with van der Waals surface area (Å²) in [7, 11) is 0. The Balaban J connectivity index is -0.000000403. The summed E-state index contributed by atoms with van der Waals surface area (Å²) in [6.45, 7) is 0. The molecule has 3 N–H and O–H groups in total. The van der Waals surface area contributed by atoms with E-state index in [0.29, 0.717) is 0 Å². The largest absolute Gasteiger partial charge is 2.00 e. The van der Waals surface area contributed by atoms with Crippen molar-refractivity contribution in [3.8, 4) is 5.75 Å². The summed E-state index contributed by atoms with van der Waals surface area (Å²) in [6.07, 6.45) is 0. The second kappa shape index (κ2) is 4.49. The van der Waals surface area contributed by atoms with Crippen LogP contribution in [0.25, 0.3) is 0 Å². The third kappa shape index (κ3) is 2.51. The van der Waals surface area contributed by atoms with Gasteiger partial charge in [0, 0.05) is 12.1 Å². The first-order valence-corrected chi connectivity index (χ1v) is 2.84. The summed E-state index contributed by atoms with van der Waals surface area (Å²) in [5.41, 5.74) is 5.09. The van der Waals surface area contributed by atoms with Crippen LogP contribution in [0.4, 0.5) is 11.4 Å². The van der Waals surface area contributed by atoms with Gasteiger partial charge in [-0.15, -0.1) is 0 Å². The molecule has 0 amide bonds. The summed E-state index contributed by atoms with van der Waals surface area (Å²) in [5.74, 6) is -0.143. The minimum Gasteiger partial charge on any atom is -1.00 e. The number of nitro groups is 1. The van der Waals surface area contributed by atoms with Crippen LogP contribution in [0.5, 0.6) is 5.75 Å². The fraction of sp³-hybridized carbons (Fsp3) is 0. The van der Waals surface area contributed by atoms with Crippen LogP contribution in [0.15, 0.2) is 18.2 Å². The number of phenolic OH excluding ortho intramolecular Hbond substituents is 1. The summed E-state index contributed by atoms with van der Waals surface area (Å²) >= 11 is 0. The average molecular weight is 196 g/mol. The molecule has 0 saturated heterocycles. The zero-order valence-corrected chi connectivity index (χ0v) is 8.44. The predicted molar refractivity (Wildman–Crippen MR) is 47.2 cm³/mol. The van der Waals surface area contributed by atoms with Crippen LogP contribution >= 0.6 is 0 Å². The van der Waals surface area contributed by atoms with Crippen molar-refractivity contribution >= 4 is 49.1 Å². The third-order valence-electron chi connectivity index (χ3n) is 1.22. The molecule has 0 heterocycles. The van der Waals surface area contributed by atoms with Gasteiger partial charge in [-0.2, -0.15) is 0 Å². The van der Waals surface area contributed by atoms with Crippen molar-refractivity contribution in [1.82, 2.24) is 0 Å². The Morgan fingerprint density at radius 2 is 2.17 bits per heavy atom. The van der Waals surface area contributed by atoms with E-state index in [1.807, 2.05) is 0 Å². The van der Waals surface area contributed by atoms with Crippen LogP contribution in [0.3, 0.4) is 0 Å². The van der Waals surface area contributed by atoms with Gasteiger partial charge in [0.1, 0.15) is 5.75 Å². The number of nitro benzene ring substituents is 1. The number of rotatable bonds is 1. The molecule has 0 aliphatic carbocycles. The first-order valence-electron chi connectivity index (χ1n) is 2.84. The van der Waals surface area contributed by atoms with Crippen molar-refractivity contribution in [2.24, 2.45) is 0 Å². The molecule has 0 aliphatic heterocycles. The molecule has 62 valence electrons. The van der Waals surface area contributed by atoms with E-state index in [9.17, 15) is 10.1 Å². The van der Waals surface area contributed by atoms with Gasteiger partial charge in [0.05, 0.1) is 10.6 Å². The monoisotopic (exact) mass is 196 g/mol. The Kier molecular flexibility index (Phi) is 4.30. The molecule has 6 heteroatoms. The van der Waals surface area contributed by atoms with Gasteiger partial charge in [-0.25, -0.2) is 0 Å². The summed E-state index contributed by atoms with van der Waals surface area (Å²) in [5, 5.41) is 19.0. The zero-order valence-electron chi connectivity index (χ0n) is 8.23. The molecular formula is C6H8CaN2O3. The number of nitrogen functional groups attached to an aromatic ring is 1. The van der Waals surface area contributed by atoms with E-state index in [4.69, 9.17) is 10.8 Å². The van der Waals surface area contributed by atoms with Crippen molar-refractivity contribution < 1.29 is 12.9 Å². The molecule has 1 aromatic carbocycles. The van der Waals surface area contributed by atoms with Crippen LogP contribution in [0, 0.1) is 10.1 Å². The van der Waals surface area contributed by atoms with Gasteiger partial charge in [0.15, 0.2) is 0 Å². The van der Waals surface area contributed by atoms with Gasteiger partial charge in [-0.1, -0.05) is 0 Å². The molecular weight excluding hydrogens is 188 g/mol. The number of phenols is 1. The molecule has 0 unspecified atom stereocenters. The number of benzene rings is 1. The minimum atomic E-state index is -0.574. The first kappa shape index (κ1) is 11.5. The van der Waals surface area contributed by atoms with Crippen LogP contribution < -0.4 is 5.73 Å². The van der Waals surface area contributed by atoms with Crippen LogP contribution in [-0.2, 0) is 0 Å². The van der Waals surface area contributed by atoms with Gasteiger partial charge in [0.2, 0.25) is 0 Å². The van der Waals surface area contributed by atoms with Gasteiger partial charge in [0.25, 0.3) is 5.69 Å². The number of hydrogen-bond donors (Lipinski definition) is 2. The van der Waals surface area contributed by atoms with Crippen LogP contribution in [0.1, 0.15) is 2.85 Å². The number of aromatic hydroxyl groups is 1. The van der Waals surface area contributed by atoms with E-state index in [1.165, 1.54) is 12.1 Å². The SMILES string of the molecule is Nc1cc([N+](=O)[O-])ccc1O.[Ca+2].[H-].[H-]. The summed E-state index contributed by atoms with van der Waals surface area (Å²) in [4.78, 5) is 9.56. The van der Waals surface area contributed by atoms with Crippen molar-refractivity contribution in [2.75, 3.05) is 5.73 Å². The molecule has 0 aliphatic rings. The number of nitrogens with two attached hydrogens (primary N) is 1. The first-order chi connectivity index (χ1) is 5.11. The predicted octanol–water partition coefficient (Wildman–Crippen LogP) is 0.727. The summed E-state index contributed by atoms with van der Waals surface area (Å²) < 4.78 is 0.